The van der Waals surface area contributed by atoms with E-state index >= 15 is 0 Å². The lowest BCUT2D eigenvalue weighted by molar-refractivity contribution is -0.143. The van der Waals surface area contributed by atoms with E-state index in [1.807, 2.05) is 6.08 Å². The molecule has 1 amide bonds. The molecular formula is C73H143NO5. The van der Waals surface area contributed by atoms with Crippen LogP contribution in [-0.4, -0.2) is 47.4 Å². The number of carbonyl (C=O) groups excluding carboxylic acids is 2. The molecule has 6 heteroatoms. The van der Waals surface area contributed by atoms with Gasteiger partial charge < -0.3 is 20.3 Å². The zero-order valence-corrected chi connectivity index (χ0v) is 53.9. The Balaban J connectivity index is 3.30. The molecule has 2 atom stereocenters. The van der Waals surface area contributed by atoms with E-state index in [2.05, 4.69) is 19.2 Å². The molecule has 470 valence electrons. The van der Waals surface area contributed by atoms with Crippen molar-refractivity contribution in [3.63, 3.8) is 0 Å². The van der Waals surface area contributed by atoms with Gasteiger partial charge in [-0.05, 0) is 32.1 Å². The maximum absolute atomic E-state index is 12.5. The molecule has 0 spiro atoms. The predicted molar refractivity (Wildman–Crippen MR) is 347 cm³/mol. The molecule has 0 radical (unpaired) electrons. The molecule has 3 N–H and O–H groups in total. The summed E-state index contributed by atoms with van der Waals surface area (Å²) in [6.07, 6.45) is 86.0. The quantitative estimate of drug-likeness (QED) is 0.0320. The summed E-state index contributed by atoms with van der Waals surface area (Å²) in [5, 5.41) is 23.2. The predicted octanol–water partition coefficient (Wildman–Crippen LogP) is 23.5. The zero-order valence-electron chi connectivity index (χ0n) is 53.9. The second kappa shape index (κ2) is 69.1. The summed E-state index contributed by atoms with van der Waals surface area (Å²) >= 11 is 0. The summed E-state index contributed by atoms with van der Waals surface area (Å²) in [4.78, 5) is 24.5. The largest absolute Gasteiger partial charge is 0.466 e. The van der Waals surface area contributed by atoms with Gasteiger partial charge in [0, 0.05) is 12.8 Å². The van der Waals surface area contributed by atoms with Gasteiger partial charge in [-0.15, -0.1) is 0 Å². The standard InChI is InChI=1S/C73H143NO5/c1-3-5-7-9-11-13-15-17-42-45-49-53-57-61-65-71(76)70(69-75)74-72(77)66-62-58-54-50-46-43-39-37-35-33-31-29-27-25-23-21-19-18-20-22-24-26-28-30-32-34-36-38-40-44-48-52-56-60-64-68-79-73(78)67-63-59-55-51-47-41-16-14-12-10-8-6-4-2/h61,65,70-71,75-76H,3-60,62-64,66-69H2,1-2H3,(H,74,77)/b65-61+. The summed E-state index contributed by atoms with van der Waals surface area (Å²) in [6, 6.07) is -0.622. The van der Waals surface area contributed by atoms with Gasteiger partial charge in [0.2, 0.25) is 5.91 Å². The molecule has 2 unspecified atom stereocenters. The molecule has 0 aliphatic carbocycles. The summed E-state index contributed by atoms with van der Waals surface area (Å²) in [5.74, 6) is -0.0353. The van der Waals surface area contributed by atoms with E-state index in [0.717, 1.165) is 38.5 Å². The first-order chi connectivity index (χ1) is 39.0. The average Bonchev–Trinajstić information content (AvgIpc) is 3.45. The van der Waals surface area contributed by atoms with Crippen LogP contribution in [0.2, 0.25) is 0 Å². The number of unbranched alkanes of at least 4 members (excludes halogenated alkanes) is 58. The molecule has 0 aromatic rings. The first-order valence-corrected chi connectivity index (χ1v) is 36.5. The Morgan fingerprint density at radius 3 is 0.861 bits per heavy atom. The molecule has 6 nitrogen and oxygen atoms in total. The van der Waals surface area contributed by atoms with Crippen LogP contribution in [0.15, 0.2) is 12.2 Å². The third-order valence-corrected chi connectivity index (χ3v) is 17.3. The van der Waals surface area contributed by atoms with Gasteiger partial charge >= 0.3 is 5.97 Å². The Labute approximate surface area is 495 Å². The minimum Gasteiger partial charge on any atom is -0.466 e. The molecule has 0 aliphatic heterocycles. The van der Waals surface area contributed by atoms with Gasteiger partial charge in [0.05, 0.1) is 25.4 Å². The van der Waals surface area contributed by atoms with E-state index in [4.69, 9.17) is 4.74 Å². The number of esters is 1. The third kappa shape index (κ3) is 65.6. The summed E-state index contributed by atoms with van der Waals surface area (Å²) in [7, 11) is 0. The number of carbonyl (C=O) groups is 2. The van der Waals surface area contributed by atoms with Crippen LogP contribution in [0.5, 0.6) is 0 Å². The van der Waals surface area contributed by atoms with Crippen LogP contribution in [0.4, 0.5) is 0 Å². The van der Waals surface area contributed by atoms with Gasteiger partial charge in [-0.3, -0.25) is 9.59 Å². The minimum absolute atomic E-state index is 0.0247. The maximum Gasteiger partial charge on any atom is 0.305 e. The fraction of sp³-hybridized carbons (Fsp3) is 0.945. The van der Waals surface area contributed by atoms with Crippen LogP contribution in [0, 0.1) is 0 Å². The van der Waals surface area contributed by atoms with Crippen molar-refractivity contribution in [1.82, 2.24) is 5.32 Å². The van der Waals surface area contributed by atoms with Crippen molar-refractivity contribution in [3.8, 4) is 0 Å². The van der Waals surface area contributed by atoms with Crippen molar-refractivity contribution in [3.05, 3.63) is 12.2 Å². The zero-order chi connectivity index (χ0) is 57.1. The van der Waals surface area contributed by atoms with E-state index in [1.165, 1.54) is 353 Å². The third-order valence-electron chi connectivity index (χ3n) is 17.3. The number of amides is 1. The van der Waals surface area contributed by atoms with Crippen LogP contribution in [0.3, 0.4) is 0 Å². The fourth-order valence-electron chi connectivity index (χ4n) is 11.8. The highest BCUT2D eigenvalue weighted by Crippen LogP contribution is 2.20. The van der Waals surface area contributed by atoms with E-state index in [9.17, 15) is 19.8 Å². The molecule has 0 saturated heterocycles. The SMILES string of the molecule is CCCCCCCCCCCCCC/C=C/C(O)C(CO)NC(=O)CCCCCCCCCCCCCCCCCCCCCCCCCCCCCCCCCCCCCOC(=O)CCCCCCCCCCCCCCC. The lowest BCUT2D eigenvalue weighted by Crippen LogP contribution is -2.45. The molecule has 0 saturated carbocycles. The fourth-order valence-corrected chi connectivity index (χ4v) is 11.8. The highest BCUT2D eigenvalue weighted by Gasteiger charge is 2.18. The summed E-state index contributed by atoms with van der Waals surface area (Å²) < 4.78 is 5.49. The van der Waals surface area contributed by atoms with Crippen LogP contribution in [-0.2, 0) is 14.3 Å². The topological polar surface area (TPSA) is 95.9 Å². The number of aliphatic hydroxyl groups excluding tert-OH is 2. The summed E-state index contributed by atoms with van der Waals surface area (Å²) in [5.41, 5.74) is 0. The number of hydrogen-bond acceptors (Lipinski definition) is 5. The van der Waals surface area contributed by atoms with Crippen molar-refractivity contribution in [2.45, 2.75) is 431 Å². The van der Waals surface area contributed by atoms with Crippen LogP contribution in [0.25, 0.3) is 0 Å². The number of nitrogens with one attached hydrogen (secondary N) is 1. The second-order valence-corrected chi connectivity index (χ2v) is 25.3. The van der Waals surface area contributed by atoms with Crippen molar-refractivity contribution < 1.29 is 24.5 Å². The van der Waals surface area contributed by atoms with Gasteiger partial charge in [0.1, 0.15) is 0 Å². The molecule has 0 fully saturated rings. The van der Waals surface area contributed by atoms with E-state index < -0.39 is 12.1 Å². The molecule has 0 bridgehead atoms. The van der Waals surface area contributed by atoms with Crippen molar-refractivity contribution in [1.29, 1.82) is 0 Å². The molecular weight excluding hydrogens is 971 g/mol. The molecule has 0 rings (SSSR count). The van der Waals surface area contributed by atoms with Crippen LogP contribution >= 0.6 is 0 Å². The Morgan fingerprint density at radius 2 is 0.582 bits per heavy atom. The number of rotatable bonds is 69. The number of hydrogen-bond donors (Lipinski definition) is 3. The van der Waals surface area contributed by atoms with Gasteiger partial charge in [-0.25, -0.2) is 0 Å². The van der Waals surface area contributed by atoms with Crippen molar-refractivity contribution >= 4 is 11.9 Å². The lowest BCUT2D eigenvalue weighted by Gasteiger charge is -2.20. The number of aliphatic hydroxyl groups is 2. The lowest BCUT2D eigenvalue weighted by atomic mass is 10.0. The van der Waals surface area contributed by atoms with Crippen LogP contribution < -0.4 is 5.32 Å². The Bertz CT molecular complexity index is 1190. The van der Waals surface area contributed by atoms with Gasteiger partial charge in [0.25, 0.3) is 0 Å². The highest BCUT2D eigenvalue weighted by atomic mass is 16.5. The smallest absolute Gasteiger partial charge is 0.305 e. The number of allylic oxidation sites excluding steroid dienone is 1. The molecule has 0 heterocycles. The van der Waals surface area contributed by atoms with E-state index in [0.29, 0.717) is 19.4 Å². The highest BCUT2D eigenvalue weighted by molar-refractivity contribution is 5.76. The number of ether oxygens (including phenoxy) is 1. The van der Waals surface area contributed by atoms with Crippen LogP contribution in [0.1, 0.15) is 418 Å². The average molecular weight is 1110 g/mol. The first-order valence-electron chi connectivity index (χ1n) is 36.5. The Hall–Kier alpha value is -1.40. The van der Waals surface area contributed by atoms with Gasteiger partial charge in [0.15, 0.2) is 0 Å². The first kappa shape index (κ1) is 77.6. The van der Waals surface area contributed by atoms with Crippen molar-refractivity contribution in [2.24, 2.45) is 0 Å². The van der Waals surface area contributed by atoms with E-state index in [-0.39, 0.29) is 18.5 Å². The molecule has 79 heavy (non-hydrogen) atoms. The van der Waals surface area contributed by atoms with Gasteiger partial charge in [-0.2, -0.15) is 0 Å². The Kier molecular flexibility index (Phi) is 67.9. The summed E-state index contributed by atoms with van der Waals surface area (Å²) in [6.45, 7) is 4.94. The molecule has 0 aromatic carbocycles. The monoisotopic (exact) mass is 1110 g/mol. The minimum atomic E-state index is -0.839. The maximum atomic E-state index is 12.5. The molecule has 0 aliphatic rings. The van der Waals surface area contributed by atoms with Gasteiger partial charge in [-0.1, -0.05) is 386 Å². The molecule has 0 aromatic heterocycles. The van der Waals surface area contributed by atoms with E-state index in [1.54, 1.807) is 6.08 Å². The van der Waals surface area contributed by atoms with Crippen molar-refractivity contribution in [2.75, 3.05) is 13.2 Å². The normalized spacial score (nSPS) is 12.5. The second-order valence-electron chi connectivity index (χ2n) is 25.3. The Morgan fingerprint density at radius 1 is 0.342 bits per heavy atom.